The number of pyridine rings is 1. The van der Waals surface area contributed by atoms with E-state index < -0.39 is 0 Å². The molecule has 5 heterocycles. The molecule has 0 aliphatic carbocycles. The Hall–Kier alpha value is -3.68. The molecular formula is C23H25N7O. The van der Waals surface area contributed by atoms with E-state index in [9.17, 15) is 4.79 Å². The van der Waals surface area contributed by atoms with Crippen molar-refractivity contribution in [2.24, 2.45) is 7.05 Å². The lowest BCUT2D eigenvalue weighted by molar-refractivity contribution is 0.0727. The lowest BCUT2D eigenvalue weighted by Gasteiger charge is -2.22. The van der Waals surface area contributed by atoms with Gasteiger partial charge in [-0.3, -0.25) is 19.1 Å². The maximum absolute atomic E-state index is 13.3. The number of aryl methyl sites for hydroxylation is 1. The van der Waals surface area contributed by atoms with E-state index in [1.54, 1.807) is 23.3 Å². The van der Waals surface area contributed by atoms with Gasteiger partial charge in [0.1, 0.15) is 0 Å². The van der Waals surface area contributed by atoms with Gasteiger partial charge >= 0.3 is 0 Å². The van der Waals surface area contributed by atoms with Gasteiger partial charge in [0.25, 0.3) is 5.91 Å². The molecule has 0 radical (unpaired) electrons. The van der Waals surface area contributed by atoms with Crippen LogP contribution in [0.15, 0.2) is 55.2 Å². The zero-order valence-corrected chi connectivity index (χ0v) is 17.9. The molecule has 0 atom stereocenters. The highest BCUT2D eigenvalue weighted by molar-refractivity contribution is 5.94. The van der Waals surface area contributed by atoms with Crippen molar-refractivity contribution in [2.75, 3.05) is 0 Å². The summed E-state index contributed by atoms with van der Waals surface area (Å²) in [4.78, 5) is 19.6. The smallest absolute Gasteiger partial charge is 0.257 e. The number of amides is 1. The van der Waals surface area contributed by atoms with Crippen molar-refractivity contribution in [3.05, 3.63) is 77.8 Å². The number of hydrogen-bond acceptors (Lipinski definition) is 4. The molecule has 0 saturated carbocycles. The number of hydrogen-bond donors (Lipinski definition) is 0. The molecule has 0 spiro atoms. The van der Waals surface area contributed by atoms with Crippen molar-refractivity contribution in [1.82, 2.24) is 34.0 Å². The third kappa shape index (κ3) is 3.54. The highest BCUT2D eigenvalue weighted by Gasteiger charge is 2.29. The highest BCUT2D eigenvalue weighted by atomic mass is 16.2. The highest BCUT2D eigenvalue weighted by Crippen LogP contribution is 2.34. The van der Waals surface area contributed by atoms with Crippen LogP contribution in [0.3, 0.4) is 0 Å². The Morgan fingerprint density at radius 1 is 1.16 bits per heavy atom. The predicted octanol–water partition coefficient (Wildman–Crippen LogP) is 3.27. The number of nitrogens with zero attached hydrogens (tertiary/aromatic N) is 7. The molecule has 8 heteroatoms. The zero-order valence-electron chi connectivity index (χ0n) is 17.9. The van der Waals surface area contributed by atoms with E-state index in [0.717, 1.165) is 28.2 Å². The quantitative estimate of drug-likeness (QED) is 0.513. The number of aromatic nitrogens is 6. The fourth-order valence-electron chi connectivity index (χ4n) is 4.19. The molecule has 31 heavy (non-hydrogen) atoms. The third-order valence-corrected chi connectivity index (χ3v) is 5.66. The van der Waals surface area contributed by atoms with Crippen LogP contribution in [0.5, 0.6) is 0 Å². The third-order valence-electron chi connectivity index (χ3n) is 5.66. The van der Waals surface area contributed by atoms with Crippen molar-refractivity contribution in [1.29, 1.82) is 0 Å². The molecule has 5 rings (SSSR count). The van der Waals surface area contributed by atoms with Gasteiger partial charge in [0.15, 0.2) is 0 Å². The zero-order chi connectivity index (χ0) is 21.5. The average molecular weight is 416 g/mol. The second-order valence-electron chi connectivity index (χ2n) is 8.26. The minimum atomic E-state index is -0.0270. The van der Waals surface area contributed by atoms with Gasteiger partial charge in [0, 0.05) is 54.7 Å². The summed E-state index contributed by atoms with van der Waals surface area (Å²) in [6, 6.07) is 8.28. The van der Waals surface area contributed by atoms with E-state index in [1.807, 2.05) is 41.0 Å². The standard InChI is InChI=1S/C23H25N7O/c1-16(2)30-9-7-20-21(30)15-28(23(31)17-10-25-27(3)11-17)12-18-13-29(26-22(18)20)14-19-6-4-5-8-24-19/h4-11,13,16H,12,14-15H2,1-3H3. The molecule has 0 aromatic carbocycles. The second-order valence-corrected chi connectivity index (χ2v) is 8.26. The van der Waals surface area contributed by atoms with Crippen LogP contribution >= 0.6 is 0 Å². The van der Waals surface area contributed by atoms with Gasteiger partial charge in [-0.2, -0.15) is 10.2 Å². The van der Waals surface area contributed by atoms with Gasteiger partial charge in [0.2, 0.25) is 0 Å². The van der Waals surface area contributed by atoms with E-state index in [4.69, 9.17) is 5.10 Å². The van der Waals surface area contributed by atoms with Crippen molar-refractivity contribution < 1.29 is 4.79 Å². The second kappa shape index (κ2) is 7.54. The molecule has 0 N–H and O–H groups in total. The minimum absolute atomic E-state index is 0.0270. The molecule has 1 aliphatic rings. The van der Waals surface area contributed by atoms with Crippen LogP contribution in [-0.4, -0.2) is 39.9 Å². The van der Waals surface area contributed by atoms with Crippen molar-refractivity contribution in [2.45, 2.75) is 39.5 Å². The number of rotatable bonds is 4. The normalized spacial score (nSPS) is 13.2. The molecule has 158 valence electrons. The molecular weight excluding hydrogens is 390 g/mol. The molecule has 4 aromatic rings. The fourth-order valence-corrected chi connectivity index (χ4v) is 4.19. The fraction of sp³-hybridized carbons (Fsp3) is 0.304. The first-order chi connectivity index (χ1) is 15.0. The Morgan fingerprint density at radius 3 is 2.74 bits per heavy atom. The van der Waals surface area contributed by atoms with Crippen molar-refractivity contribution >= 4 is 5.91 Å². The van der Waals surface area contributed by atoms with E-state index in [-0.39, 0.29) is 11.9 Å². The molecule has 0 fully saturated rings. The summed E-state index contributed by atoms with van der Waals surface area (Å²) in [5, 5.41) is 9.07. The van der Waals surface area contributed by atoms with Crippen molar-refractivity contribution in [3.63, 3.8) is 0 Å². The summed E-state index contributed by atoms with van der Waals surface area (Å²) in [5.41, 5.74) is 5.71. The lowest BCUT2D eigenvalue weighted by atomic mass is 10.1. The molecule has 4 aromatic heterocycles. The average Bonchev–Trinajstić information content (AvgIpc) is 3.45. The van der Waals surface area contributed by atoms with E-state index >= 15 is 0 Å². The molecule has 1 amide bonds. The Bertz CT molecular complexity index is 1230. The van der Waals surface area contributed by atoms with Gasteiger partial charge < -0.3 is 9.47 Å². The van der Waals surface area contributed by atoms with Crippen LogP contribution in [0.2, 0.25) is 0 Å². The van der Waals surface area contributed by atoms with Crippen LogP contribution in [0.4, 0.5) is 0 Å². The topological polar surface area (TPSA) is 73.8 Å². The van der Waals surface area contributed by atoms with Gasteiger partial charge in [-0.15, -0.1) is 0 Å². The van der Waals surface area contributed by atoms with E-state index in [2.05, 4.69) is 40.8 Å². The number of carbonyl (C=O) groups excluding carboxylic acids is 1. The van der Waals surface area contributed by atoms with E-state index in [1.165, 1.54) is 0 Å². The first-order valence-corrected chi connectivity index (χ1v) is 10.4. The molecule has 8 nitrogen and oxygen atoms in total. The van der Waals surface area contributed by atoms with Crippen LogP contribution in [0, 0.1) is 0 Å². The van der Waals surface area contributed by atoms with Crippen LogP contribution in [0.25, 0.3) is 11.3 Å². The lowest BCUT2D eigenvalue weighted by Crippen LogP contribution is -2.30. The maximum atomic E-state index is 13.3. The van der Waals surface area contributed by atoms with Crippen LogP contribution in [0.1, 0.15) is 47.2 Å². The van der Waals surface area contributed by atoms with E-state index in [0.29, 0.717) is 25.2 Å². The summed E-state index contributed by atoms with van der Waals surface area (Å²) >= 11 is 0. The van der Waals surface area contributed by atoms with Crippen LogP contribution < -0.4 is 0 Å². The Kier molecular flexibility index (Phi) is 4.69. The van der Waals surface area contributed by atoms with Gasteiger partial charge in [-0.05, 0) is 32.0 Å². The first-order valence-electron chi connectivity index (χ1n) is 10.4. The van der Waals surface area contributed by atoms with Crippen LogP contribution in [-0.2, 0) is 26.7 Å². The monoisotopic (exact) mass is 415 g/mol. The number of fused-ring (bicyclic) bond motifs is 3. The number of carbonyl (C=O) groups is 1. The summed E-state index contributed by atoms with van der Waals surface area (Å²) in [7, 11) is 1.82. The maximum Gasteiger partial charge on any atom is 0.257 e. The Labute approximate surface area is 180 Å². The molecule has 1 aliphatic heterocycles. The Morgan fingerprint density at radius 2 is 2.03 bits per heavy atom. The summed E-state index contributed by atoms with van der Waals surface area (Å²) in [6.07, 6.45) is 9.31. The largest absolute Gasteiger partial charge is 0.347 e. The van der Waals surface area contributed by atoms with Gasteiger partial charge in [-0.1, -0.05) is 6.07 Å². The molecule has 0 saturated heterocycles. The first kappa shape index (κ1) is 19.3. The van der Waals surface area contributed by atoms with Crippen molar-refractivity contribution in [3.8, 4) is 11.3 Å². The predicted molar refractivity (Wildman–Crippen MR) is 116 cm³/mol. The summed E-state index contributed by atoms with van der Waals surface area (Å²) in [6.45, 7) is 5.92. The summed E-state index contributed by atoms with van der Waals surface area (Å²) in [5.74, 6) is -0.0270. The molecule has 0 bridgehead atoms. The van der Waals surface area contributed by atoms with Gasteiger partial charge in [-0.25, -0.2) is 0 Å². The summed E-state index contributed by atoms with van der Waals surface area (Å²) < 4.78 is 5.80. The SMILES string of the molecule is CC(C)n1ccc2c1CN(C(=O)c1cnn(C)c1)Cc1cn(Cc3ccccn3)nc1-2. The minimum Gasteiger partial charge on any atom is -0.347 e. The molecule has 0 unspecified atom stereocenters. The van der Waals surface area contributed by atoms with Gasteiger partial charge in [0.05, 0.1) is 42.8 Å². The Balaban J connectivity index is 1.57.